The summed E-state index contributed by atoms with van der Waals surface area (Å²) in [5.74, 6) is 1.40. The van der Waals surface area contributed by atoms with Gasteiger partial charge in [0.2, 0.25) is 0 Å². The second-order valence-corrected chi connectivity index (χ2v) is 4.04. The van der Waals surface area contributed by atoms with Gasteiger partial charge in [0.1, 0.15) is 18.0 Å². The number of rotatable bonds is 4. The molecule has 0 bridgehead atoms. The molecule has 0 aliphatic heterocycles. The Hall–Kier alpha value is -2.17. The van der Waals surface area contributed by atoms with Crippen molar-refractivity contribution in [3.05, 3.63) is 42.0 Å². The first-order chi connectivity index (χ1) is 8.72. The first-order valence-electron chi connectivity index (χ1n) is 5.94. The highest BCUT2D eigenvalue weighted by Crippen LogP contribution is 2.21. The zero-order chi connectivity index (χ0) is 13.0. The number of nitrogens with zero attached hydrogens (tertiary/aromatic N) is 4. The minimum atomic E-state index is 0.527. The largest absolute Gasteiger partial charge is 0.383 e. The van der Waals surface area contributed by atoms with Crippen molar-refractivity contribution in [3.8, 4) is 0 Å². The van der Waals surface area contributed by atoms with E-state index in [-0.39, 0.29) is 0 Å². The minimum absolute atomic E-state index is 0.527. The van der Waals surface area contributed by atoms with E-state index in [0.717, 1.165) is 23.6 Å². The summed E-state index contributed by atoms with van der Waals surface area (Å²) in [6, 6.07) is 5.90. The van der Waals surface area contributed by atoms with Crippen LogP contribution in [0, 0.1) is 6.92 Å². The fraction of sp³-hybridized carbons (Fsp3) is 0.308. The monoisotopic (exact) mass is 243 g/mol. The molecule has 5 nitrogen and oxygen atoms in total. The van der Waals surface area contributed by atoms with E-state index in [0.29, 0.717) is 12.4 Å². The topological polar surface area (TPSA) is 67.9 Å². The van der Waals surface area contributed by atoms with Crippen LogP contribution in [0.4, 0.5) is 11.6 Å². The summed E-state index contributed by atoms with van der Waals surface area (Å²) >= 11 is 0. The fourth-order valence-electron chi connectivity index (χ4n) is 1.80. The molecule has 0 saturated heterocycles. The Labute approximate surface area is 107 Å². The van der Waals surface area contributed by atoms with E-state index in [2.05, 4.69) is 26.8 Å². The lowest BCUT2D eigenvalue weighted by atomic mass is 10.2. The molecular weight excluding hydrogens is 226 g/mol. The van der Waals surface area contributed by atoms with E-state index in [1.807, 2.05) is 25.1 Å². The molecular formula is C13H17N5. The van der Waals surface area contributed by atoms with Gasteiger partial charge in [0, 0.05) is 18.3 Å². The van der Waals surface area contributed by atoms with Gasteiger partial charge in [0.05, 0.1) is 12.2 Å². The van der Waals surface area contributed by atoms with E-state index in [1.54, 1.807) is 6.20 Å². The van der Waals surface area contributed by atoms with Crippen LogP contribution in [0.1, 0.15) is 18.2 Å². The molecule has 0 radical (unpaired) electrons. The van der Waals surface area contributed by atoms with Crippen molar-refractivity contribution >= 4 is 11.6 Å². The highest BCUT2D eigenvalue weighted by Gasteiger charge is 2.12. The lowest BCUT2D eigenvalue weighted by Gasteiger charge is -2.23. The molecule has 2 N–H and O–H groups in total. The molecule has 0 saturated carbocycles. The third-order valence-electron chi connectivity index (χ3n) is 2.86. The molecule has 0 atom stereocenters. The average Bonchev–Trinajstić information content (AvgIpc) is 2.41. The van der Waals surface area contributed by atoms with E-state index < -0.39 is 0 Å². The Balaban J connectivity index is 2.26. The zero-order valence-corrected chi connectivity index (χ0v) is 10.7. The Morgan fingerprint density at radius 2 is 2.06 bits per heavy atom. The number of nitrogens with two attached hydrogens (primary N) is 1. The van der Waals surface area contributed by atoms with Gasteiger partial charge in [-0.1, -0.05) is 6.07 Å². The number of aromatic nitrogens is 3. The Morgan fingerprint density at radius 1 is 1.22 bits per heavy atom. The van der Waals surface area contributed by atoms with E-state index in [9.17, 15) is 0 Å². The molecule has 0 aromatic carbocycles. The number of hydrogen-bond acceptors (Lipinski definition) is 5. The van der Waals surface area contributed by atoms with Gasteiger partial charge in [-0.15, -0.1) is 0 Å². The standard InChI is InChI=1S/C13H17N5/c1-3-18(8-11-6-4-5-7-15-11)13-10(2)12(14)16-9-17-13/h4-7,9H,3,8H2,1-2H3,(H2,14,16,17). The van der Waals surface area contributed by atoms with Crippen LogP contribution >= 0.6 is 0 Å². The molecule has 0 amide bonds. The van der Waals surface area contributed by atoms with Gasteiger partial charge in [-0.25, -0.2) is 9.97 Å². The molecule has 5 heteroatoms. The normalized spacial score (nSPS) is 10.3. The maximum Gasteiger partial charge on any atom is 0.137 e. The molecule has 18 heavy (non-hydrogen) atoms. The molecule has 0 aliphatic carbocycles. The van der Waals surface area contributed by atoms with Crippen molar-refractivity contribution in [1.29, 1.82) is 0 Å². The summed E-state index contributed by atoms with van der Waals surface area (Å²) in [5.41, 5.74) is 7.74. The van der Waals surface area contributed by atoms with Gasteiger partial charge in [-0.3, -0.25) is 4.98 Å². The molecule has 0 fully saturated rings. The van der Waals surface area contributed by atoms with Crippen LogP contribution in [0.3, 0.4) is 0 Å². The predicted octanol–water partition coefficient (Wildman–Crippen LogP) is 1.79. The Bertz CT molecular complexity index is 512. The van der Waals surface area contributed by atoms with Crippen molar-refractivity contribution in [3.63, 3.8) is 0 Å². The van der Waals surface area contributed by atoms with Gasteiger partial charge in [0.25, 0.3) is 0 Å². The first kappa shape index (κ1) is 12.3. The molecule has 0 spiro atoms. The summed E-state index contributed by atoms with van der Waals surface area (Å²) in [7, 11) is 0. The quantitative estimate of drug-likeness (QED) is 0.886. The number of nitrogen functional groups attached to an aromatic ring is 1. The molecule has 2 aromatic rings. The molecule has 0 aliphatic rings. The highest BCUT2D eigenvalue weighted by atomic mass is 15.2. The second-order valence-electron chi connectivity index (χ2n) is 4.04. The highest BCUT2D eigenvalue weighted by molar-refractivity contribution is 5.55. The van der Waals surface area contributed by atoms with Gasteiger partial charge < -0.3 is 10.6 Å². The van der Waals surface area contributed by atoms with Crippen LogP contribution < -0.4 is 10.6 Å². The van der Waals surface area contributed by atoms with Crippen LogP contribution in [0.15, 0.2) is 30.7 Å². The van der Waals surface area contributed by atoms with E-state index in [1.165, 1.54) is 6.33 Å². The Morgan fingerprint density at radius 3 is 2.72 bits per heavy atom. The summed E-state index contributed by atoms with van der Waals surface area (Å²) < 4.78 is 0. The number of pyridine rings is 1. The van der Waals surface area contributed by atoms with Crippen LogP contribution in [-0.2, 0) is 6.54 Å². The average molecular weight is 243 g/mol. The minimum Gasteiger partial charge on any atom is -0.383 e. The summed E-state index contributed by atoms with van der Waals surface area (Å²) in [6.45, 7) is 5.58. The molecule has 0 unspecified atom stereocenters. The van der Waals surface area contributed by atoms with Gasteiger partial charge in [0.15, 0.2) is 0 Å². The fourth-order valence-corrected chi connectivity index (χ4v) is 1.80. The van der Waals surface area contributed by atoms with Crippen LogP contribution in [-0.4, -0.2) is 21.5 Å². The van der Waals surface area contributed by atoms with E-state index in [4.69, 9.17) is 5.73 Å². The number of hydrogen-bond donors (Lipinski definition) is 1. The van der Waals surface area contributed by atoms with Gasteiger partial charge in [-0.2, -0.15) is 0 Å². The zero-order valence-electron chi connectivity index (χ0n) is 10.7. The first-order valence-corrected chi connectivity index (χ1v) is 5.94. The molecule has 2 rings (SSSR count). The lowest BCUT2D eigenvalue weighted by Crippen LogP contribution is -2.25. The summed E-state index contributed by atoms with van der Waals surface area (Å²) in [6.07, 6.45) is 3.29. The molecule has 2 heterocycles. The van der Waals surface area contributed by atoms with Crippen molar-refractivity contribution in [2.75, 3.05) is 17.2 Å². The van der Waals surface area contributed by atoms with Crippen molar-refractivity contribution in [2.24, 2.45) is 0 Å². The molecule has 2 aromatic heterocycles. The molecule has 94 valence electrons. The van der Waals surface area contributed by atoms with Gasteiger partial charge in [-0.05, 0) is 26.0 Å². The SMILES string of the molecule is CCN(Cc1ccccn1)c1ncnc(N)c1C. The van der Waals surface area contributed by atoms with Crippen LogP contribution in [0.5, 0.6) is 0 Å². The Kier molecular flexibility index (Phi) is 3.72. The summed E-state index contributed by atoms with van der Waals surface area (Å²) in [5, 5.41) is 0. The van der Waals surface area contributed by atoms with E-state index >= 15 is 0 Å². The van der Waals surface area contributed by atoms with Gasteiger partial charge >= 0.3 is 0 Å². The smallest absolute Gasteiger partial charge is 0.137 e. The van der Waals surface area contributed by atoms with Crippen molar-refractivity contribution < 1.29 is 0 Å². The second kappa shape index (κ2) is 5.44. The number of anilines is 2. The third kappa shape index (κ3) is 2.56. The van der Waals surface area contributed by atoms with Crippen LogP contribution in [0.2, 0.25) is 0 Å². The maximum atomic E-state index is 5.81. The maximum absolute atomic E-state index is 5.81. The third-order valence-corrected chi connectivity index (χ3v) is 2.86. The van der Waals surface area contributed by atoms with Crippen LogP contribution in [0.25, 0.3) is 0 Å². The van der Waals surface area contributed by atoms with Crippen molar-refractivity contribution in [2.45, 2.75) is 20.4 Å². The van der Waals surface area contributed by atoms with Crippen molar-refractivity contribution in [1.82, 2.24) is 15.0 Å². The summed E-state index contributed by atoms with van der Waals surface area (Å²) in [4.78, 5) is 14.8. The lowest BCUT2D eigenvalue weighted by molar-refractivity contribution is 0.787. The predicted molar refractivity (Wildman–Crippen MR) is 72.1 cm³/mol.